The molecule has 0 fully saturated rings. The smallest absolute Gasteiger partial charge is 0.256 e. The molecule has 0 aliphatic heterocycles. The fourth-order valence-electron chi connectivity index (χ4n) is 1.44. The van der Waals surface area contributed by atoms with Crippen molar-refractivity contribution in [1.29, 1.82) is 0 Å². The molecular weight excluding hydrogens is 204 g/mol. The van der Waals surface area contributed by atoms with Crippen LogP contribution in [0.2, 0.25) is 0 Å². The molecule has 0 aliphatic carbocycles. The number of rotatable bonds is 4. The molecule has 16 heavy (non-hydrogen) atoms. The first-order valence-electron chi connectivity index (χ1n) is 5.00. The van der Waals surface area contributed by atoms with Crippen LogP contribution in [-0.4, -0.2) is 21.9 Å². The third-order valence-corrected chi connectivity index (χ3v) is 2.22. The van der Waals surface area contributed by atoms with E-state index in [4.69, 9.17) is 4.74 Å². The number of hydrogen-bond donors (Lipinski definition) is 1. The molecule has 2 rings (SSSR count). The molecule has 0 aliphatic rings. The molecule has 2 aromatic heterocycles. The summed E-state index contributed by atoms with van der Waals surface area (Å²) in [5.74, 6) is 0.608. The summed E-state index contributed by atoms with van der Waals surface area (Å²) in [6, 6.07) is 3.94. The molecule has 0 amide bonds. The highest BCUT2D eigenvalue weighted by Gasteiger charge is 2.06. The zero-order valence-corrected chi connectivity index (χ0v) is 9.34. The number of ether oxygens (including phenoxy) is 1. The zero-order valence-electron chi connectivity index (χ0n) is 9.34. The average Bonchev–Trinajstić information content (AvgIpc) is 2.68. The fraction of sp³-hybridized carbons (Fsp3) is 0.273. The van der Waals surface area contributed by atoms with Gasteiger partial charge in [-0.15, -0.1) is 5.10 Å². The van der Waals surface area contributed by atoms with Gasteiger partial charge in [-0.1, -0.05) is 0 Å². The summed E-state index contributed by atoms with van der Waals surface area (Å²) < 4.78 is 6.86. The van der Waals surface area contributed by atoms with Gasteiger partial charge in [-0.2, -0.15) is 0 Å². The highest BCUT2D eigenvalue weighted by molar-refractivity contribution is 5.51. The van der Waals surface area contributed by atoms with E-state index in [0.29, 0.717) is 5.88 Å². The van der Waals surface area contributed by atoms with E-state index in [1.807, 2.05) is 25.4 Å². The highest BCUT2D eigenvalue weighted by atomic mass is 16.5. The molecule has 2 heterocycles. The summed E-state index contributed by atoms with van der Waals surface area (Å²) in [5.41, 5.74) is 2.06. The second-order valence-electron chi connectivity index (χ2n) is 3.43. The van der Waals surface area contributed by atoms with Crippen molar-refractivity contribution in [3.8, 4) is 5.88 Å². The molecule has 0 radical (unpaired) electrons. The number of hydrogen-bond acceptors (Lipinski definition) is 4. The van der Waals surface area contributed by atoms with E-state index in [1.165, 1.54) is 5.56 Å². The minimum Gasteiger partial charge on any atom is -0.478 e. The van der Waals surface area contributed by atoms with E-state index < -0.39 is 0 Å². The predicted molar refractivity (Wildman–Crippen MR) is 61.3 cm³/mol. The molecule has 1 N–H and O–H groups in total. The van der Waals surface area contributed by atoms with Crippen molar-refractivity contribution < 1.29 is 4.74 Å². The monoisotopic (exact) mass is 218 g/mol. The van der Waals surface area contributed by atoms with Crippen LogP contribution in [0.4, 0.5) is 5.69 Å². The standard InChI is InChI=1S/C11H14N4O/c1-15-8-10(11(14-15)16-2)13-7-9-3-5-12-6-4-9/h3-6,8,13H,7H2,1-2H3. The van der Waals surface area contributed by atoms with Crippen LogP contribution in [0.25, 0.3) is 0 Å². The minimum absolute atomic E-state index is 0.608. The van der Waals surface area contributed by atoms with E-state index in [2.05, 4.69) is 15.4 Å². The Balaban J connectivity index is 2.04. The van der Waals surface area contributed by atoms with Crippen molar-refractivity contribution in [1.82, 2.24) is 14.8 Å². The molecule has 0 bridgehead atoms. The van der Waals surface area contributed by atoms with Gasteiger partial charge in [0.1, 0.15) is 5.69 Å². The topological polar surface area (TPSA) is 52.0 Å². The number of nitrogens with one attached hydrogen (secondary N) is 1. The second kappa shape index (κ2) is 4.65. The van der Waals surface area contributed by atoms with Gasteiger partial charge in [0.2, 0.25) is 0 Å². The van der Waals surface area contributed by atoms with Crippen LogP contribution in [0, 0.1) is 0 Å². The molecule has 0 unspecified atom stereocenters. The van der Waals surface area contributed by atoms with Gasteiger partial charge in [-0.25, -0.2) is 0 Å². The lowest BCUT2D eigenvalue weighted by Gasteiger charge is -2.04. The second-order valence-corrected chi connectivity index (χ2v) is 3.43. The van der Waals surface area contributed by atoms with Crippen molar-refractivity contribution in [3.05, 3.63) is 36.3 Å². The van der Waals surface area contributed by atoms with Crippen LogP contribution in [0.5, 0.6) is 5.88 Å². The fourth-order valence-corrected chi connectivity index (χ4v) is 1.44. The van der Waals surface area contributed by atoms with E-state index in [1.54, 1.807) is 24.2 Å². The number of nitrogens with zero attached hydrogens (tertiary/aromatic N) is 3. The number of aromatic nitrogens is 3. The van der Waals surface area contributed by atoms with Gasteiger partial charge in [0.05, 0.1) is 13.3 Å². The summed E-state index contributed by atoms with van der Waals surface area (Å²) in [7, 11) is 3.47. The molecule has 84 valence electrons. The first-order chi connectivity index (χ1) is 7.79. The van der Waals surface area contributed by atoms with E-state index in [0.717, 1.165) is 12.2 Å². The lowest BCUT2D eigenvalue weighted by Crippen LogP contribution is -1.99. The minimum atomic E-state index is 0.608. The van der Waals surface area contributed by atoms with E-state index in [-0.39, 0.29) is 0 Å². The van der Waals surface area contributed by atoms with Gasteiger partial charge >= 0.3 is 0 Å². The van der Waals surface area contributed by atoms with Crippen LogP contribution in [0.15, 0.2) is 30.7 Å². The Morgan fingerprint density at radius 1 is 1.38 bits per heavy atom. The van der Waals surface area contributed by atoms with Crippen molar-refractivity contribution in [2.75, 3.05) is 12.4 Å². The van der Waals surface area contributed by atoms with Gasteiger partial charge in [-0.3, -0.25) is 9.67 Å². The summed E-state index contributed by atoms with van der Waals surface area (Å²) in [6.07, 6.45) is 5.44. The normalized spacial score (nSPS) is 10.1. The summed E-state index contributed by atoms with van der Waals surface area (Å²) in [4.78, 5) is 3.97. The number of anilines is 1. The summed E-state index contributed by atoms with van der Waals surface area (Å²) in [5, 5.41) is 7.43. The molecule has 0 saturated heterocycles. The van der Waals surface area contributed by atoms with Gasteiger partial charge in [-0.05, 0) is 17.7 Å². The van der Waals surface area contributed by atoms with Crippen LogP contribution in [0.3, 0.4) is 0 Å². The average molecular weight is 218 g/mol. The van der Waals surface area contributed by atoms with Crippen LogP contribution in [-0.2, 0) is 13.6 Å². The third kappa shape index (κ3) is 2.31. The highest BCUT2D eigenvalue weighted by Crippen LogP contribution is 2.21. The predicted octanol–water partition coefficient (Wildman–Crippen LogP) is 1.44. The molecular formula is C11H14N4O. The van der Waals surface area contributed by atoms with Crippen molar-refractivity contribution in [3.63, 3.8) is 0 Å². The van der Waals surface area contributed by atoms with Gasteiger partial charge in [0, 0.05) is 26.0 Å². The zero-order chi connectivity index (χ0) is 11.4. The lowest BCUT2D eigenvalue weighted by molar-refractivity contribution is 0.393. The maximum Gasteiger partial charge on any atom is 0.256 e. The molecule has 5 nitrogen and oxygen atoms in total. The molecule has 0 atom stereocenters. The van der Waals surface area contributed by atoms with Crippen molar-refractivity contribution in [2.24, 2.45) is 7.05 Å². The maximum atomic E-state index is 5.15. The van der Waals surface area contributed by atoms with Crippen LogP contribution < -0.4 is 10.1 Å². The Morgan fingerprint density at radius 2 is 2.12 bits per heavy atom. The molecule has 0 saturated carbocycles. The van der Waals surface area contributed by atoms with Gasteiger partial charge in [0.25, 0.3) is 5.88 Å². The third-order valence-electron chi connectivity index (χ3n) is 2.22. The molecule has 0 spiro atoms. The van der Waals surface area contributed by atoms with Gasteiger partial charge in [0.15, 0.2) is 0 Å². The quantitative estimate of drug-likeness (QED) is 0.843. The number of methoxy groups -OCH3 is 1. The van der Waals surface area contributed by atoms with Gasteiger partial charge < -0.3 is 10.1 Å². The number of aryl methyl sites for hydroxylation is 1. The molecule has 5 heteroatoms. The Bertz CT molecular complexity index is 452. The Labute approximate surface area is 94.1 Å². The first kappa shape index (κ1) is 10.5. The Morgan fingerprint density at radius 3 is 2.81 bits per heavy atom. The van der Waals surface area contributed by atoms with Crippen LogP contribution in [0.1, 0.15) is 5.56 Å². The van der Waals surface area contributed by atoms with Crippen LogP contribution >= 0.6 is 0 Å². The Kier molecular flexibility index (Phi) is 3.05. The Hall–Kier alpha value is -2.04. The van der Waals surface area contributed by atoms with Crippen molar-refractivity contribution in [2.45, 2.75) is 6.54 Å². The van der Waals surface area contributed by atoms with E-state index in [9.17, 15) is 0 Å². The molecule has 2 aromatic rings. The van der Waals surface area contributed by atoms with E-state index >= 15 is 0 Å². The largest absolute Gasteiger partial charge is 0.478 e. The summed E-state index contributed by atoms with van der Waals surface area (Å²) in [6.45, 7) is 0.727. The summed E-state index contributed by atoms with van der Waals surface area (Å²) >= 11 is 0. The van der Waals surface area contributed by atoms with Crippen molar-refractivity contribution >= 4 is 5.69 Å². The lowest BCUT2D eigenvalue weighted by atomic mass is 10.3. The number of pyridine rings is 1. The maximum absolute atomic E-state index is 5.15. The SMILES string of the molecule is COc1nn(C)cc1NCc1ccncc1. The molecule has 0 aromatic carbocycles. The first-order valence-corrected chi connectivity index (χ1v) is 5.00.